The van der Waals surface area contributed by atoms with Gasteiger partial charge in [0.25, 0.3) is 0 Å². The predicted molar refractivity (Wildman–Crippen MR) is 93.8 cm³/mol. The lowest BCUT2D eigenvalue weighted by molar-refractivity contribution is -0.132. The first-order chi connectivity index (χ1) is 12.2. The smallest absolute Gasteiger partial charge is 0.223 e. The van der Waals surface area contributed by atoms with Crippen molar-refractivity contribution in [1.29, 1.82) is 0 Å². The fourth-order valence-corrected chi connectivity index (χ4v) is 3.80. The van der Waals surface area contributed by atoms with E-state index in [2.05, 4.69) is 10.6 Å². The molecular weight excluding hydrogens is 320 g/mol. The number of aliphatic hydroxyl groups is 1. The third-order valence-electron chi connectivity index (χ3n) is 5.60. The van der Waals surface area contributed by atoms with Crippen molar-refractivity contribution < 1.29 is 19.4 Å². The van der Waals surface area contributed by atoms with Crippen LogP contribution in [0, 0.1) is 5.92 Å². The molecule has 2 saturated carbocycles. The quantitative estimate of drug-likeness (QED) is 0.632. The van der Waals surface area contributed by atoms with E-state index in [1.54, 1.807) is 0 Å². The second-order valence-corrected chi connectivity index (χ2v) is 7.55. The van der Waals surface area contributed by atoms with Gasteiger partial charge < -0.3 is 20.5 Å². The van der Waals surface area contributed by atoms with Crippen LogP contribution in [-0.2, 0) is 14.3 Å². The maximum Gasteiger partial charge on any atom is 0.223 e. The first-order valence-electron chi connectivity index (χ1n) is 9.70. The summed E-state index contributed by atoms with van der Waals surface area (Å²) < 4.78 is 5.83. The Morgan fingerprint density at radius 3 is 2.40 bits per heavy atom. The van der Waals surface area contributed by atoms with Gasteiger partial charge in [0.2, 0.25) is 11.8 Å². The summed E-state index contributed by atoms with van der Waals surface area (Å²) in [5.41, 5.74) is 0. The van der Waals surface area contributed by atoms with Gasteiger partial charge in [0.1, 0.15) is 6.10 Å². The molecule has 2 amide bonds. The number of rotatable bonds is 6. The fraction of sp³-hybridized carbons (Fsp3) is 0.789. The Hall–Kier alpha value is -1.40. The van der Waals surface area contributed by atoms with Crippen molar-refractivity contribution in [3.8, 4) is 0 Å². The second kappa shape index (κ2) is 8.81. The van der Waals surface area contributed by atoms with Crippen molar-refractivity contribution in [1.82, 2.24) is 10.6 Å². The molecule has 0 aromatic heterocycles. The summed E-state index contributed by atoms with van der Waals surface area (Å²) in [7, 11) is 0. The fourth-order valence-electron chi connectivity index (χ4n) is 3.80. The number of carbonyl (C=O) groups is 2. The number of hydrogen-bond acceptors (Lipinski definition) is 4. The average Bonchev–Trinajstić information content (AvgIpc) is 2.55. The van der Waals surface area contributed by atoms with Gasteiger partial charge in [-0.25, -0.2) is 0 Å². The van der Waals surface area contributed by atoms with Crippen molar-refractivity contribution in [3.63, 3.8) is 0 Å². The summed E-state index contributed by atoms with van der Waals surface area (Å²) in [6.07, 6.45) is 11.8. The van der Waals surface area contributed by atoms with Crippen molar-refractivity contribution in [3.05, 3.63) is 12.2 Å². The average molecular weight is 350 g/mol. The summed E-state index contributed by atoms with van der Waals surface area (Å²) in [5.74, 6) is 0.137. The molecule has 140 valence electrons. The minimum Gasteiger partial charge on any atom is -0.394 e. The zero-order valence-electron chi connectivity index (χ0n) is 14.8. The topological polar surface area (TPSA) is 87.7 Å². The van der Waals surface area contributed by atoms with Crippen LogP contribution in [-0.4, -0.2) is 47.8 Å². The lowest BCUT2D eigenvalue weighted by Crippen LogP contribution is -2.51. The zero-order chi connectivity index (χ0) is 17.6. The molecule has 0 radical (unpaired) electrons. The lowest BCUT2D eigenvalue weighted by Gasteiger charge is -2.34. The van der Waals surface area contributed by atoms with Crippen molar-refractivity contribution in [2.75, 3.05) is 6.61 Å². The standard InChI is InChI=1S/C19H30N2O4/c22-12-17-16(21-19(24)13-5-4-6-13)10-9-15(25-17)11-18(23)20-14-7-2-1-3-8-14/h9-10,13-17,22H,1-8,11-12H2,(H,20,23)(H,21,24)/t15-,16+,17+/m0/s1. The Kier molecular flexibility index (Phi) is 6.48. The molecule has 0 spiro atoms. The molecule has 0 bridgehead atoms. The highest BCUT2D eigenvalue weighted by Gasteiger charge is 2.32. The highest BCUT2D eigenvalue weighted by molar-refractivity contribution is 5.80. The summed E-state index contributed by atoms with van der Waals surface area (Å²) in [6.45, 7) is -0.180. The second-order valence-electron chi connectivity index (χ2n) is 7.55. The molecular formula is C19H30N2O4. The number of hydrogen-bond donors (Lipinski definition) is 3. The molecule has 2 fully saturated rings. The number of nitrogens with one attached hydrogen (secondary N) is 2. The summed E-state index contributed by atoms with van der Waals surface area (Å²) in [5, 5.41) is 15.6. The van der Waals surface area contributed by atoms with Crippen LogP contribution in [0.5, 0.6) is 0 Å². The van der Waals surface area contributed by atoms with Gasteiger partial charge in [-0.1, -0.05) is 37.8 Å². The van der Waals surface area contributed by atoms with E-state index < -0.39 is 6.10 Å². The van der Waals surface area contributed by atoms with Gasteiger partial charge in [0.05, 0.1) is 25.2 Å². The van der Waals surface area contributed by atoms with E-state index in [4.69, 9.17) is 4.74 Å². The summed E-state index contributed by atoms with van der Waals surface area (Å²) in [6, 6.07) is -0.0345. The number of ether oxygens (including phenoxy) is 1. The third kappa shape index (κ3) is 5.05. The molecule has 3 atom stereocenters. The maximum absolute atomic E-state index is 12.2. The number of carbonyl (C=O) groups excluding carboxylic acids is 2. The maximum atomic E-state index is 12.2. The monoisotopic (exact) mass is 350 g/mol. The Morgan fingerprint density at radius 2 is 1.76 bits per heavy atom. The lowest BCUT2D eigenvalue weighted by atomic mass is 9.84. The molecule has 1 aliphatic heterocycles. The van der Waals surface area contributed by atoms with Crippen LogP contribution in [0.4, 0.5) is 0 Å². The van der Waals surface area contributed by atoms with Gasteiger partial charge in [0, 0.05) is 12.0 Å². The van der Waals surface area contributed by atoms with E-state index in [-0.39, 0.29) is 48.9 Å². The van der Waals surface area contributed by atoms with Crippen molar-refractivity contribution >= 4 is 11.8 Å². The van der Waals surface area contributed by atoms with E-state index in [1.165, 1.54) is 19.3 Å². The summed E-state index contributed by atoms with van der Waals surface area (Å²) >= 11 is 0. The molecule has 2 aliphatic carbocycles. The van der Waals surface area contributed by atoms with Crippen LogP contribution < -0.4 is 10.6 Å². The third-order valence-corrected chi connectivity index (χ3v) is 5.60. The van der Waals surface area contributed by atoms with Crippen molar-refractivity contribution in [2.24, 2.45) is 5.92 Å². The van der Waals surface area contributed by atoms with Crippen LogP contribution in [0.3, 0.4) is 0 Å². The molecule has 3 N–H and O–H groups in total. The molecule has 25 heavy (non-hydrogen) atoms. The highest BCUT2D eigenvalue weighted by Crippen LogP contribution is 2.27. The minimum absolute atomic E-state index is 0.00445. The minimum atomic E-state index is -0.499. The van der Waals surface area contributed by atoms with Crippen LogP contribution in [0.2, 0.25) is 0 Å². The highest BCUT2D eigenvalue weighted by atomic mass is 16.5. The van der Waals surface area contributed by atoms with E-state index >= 15 is 0 Å². The van der Waals surface area contributed by atoms with Gasteiger partial charge in [-0.15, -0.1) is 0 Å². The van der Waals surface area contributed by atoms with Gasteiger partial charge in [-0.2, -0.15) is 0 Å². The molecule has 0 unspecified atom stereocenters. The van der Waals surface area contributed by atoms with Crippen LogP contribution in [0.15, 0.2) is 12.2 Å². The SMILES string of the molecule is O=C(C[C@@H]1C=C[C@@H](NC(=O)C2CCC2)[C@@H](CO)O1)NC1CCCCC1. The predicted octanol–water partition coefficient (Wildman–Crippen LogP) is 1.43. The van der Waals surface area contributed by atoms with E-state index in [0.29, 0.717) is 0 Å². The normalized spacial score (nSPS) is 30.5. The Morgan fingerprint density at radius 1 is 1.00 bits per heavy atom. The van der Waals surface area contributed by atoms with Crippen LogP contribution in [0.25, 0.3) is 0 Å². The molecule has 0 aromatic rings. The Bertz CT molecular complexity index is 498. The summed E-state index contributed by atoms with van der Waals surface area (Å²) in [4.78, 5) is 24.3. The molecule has 0 saturated heterocycles. The van der Waals surface area contributed by atoms with Crippen molar-refractivity contribution in [2.45, 2.75) is 82.1 Å². The van der Waals surface area contributed by atoms with Gasteiger partial charge in [-0.3, -0.25) is 9.59 Å². The van der Waals surface area contributed by atoms with Gasteiger partial charge >= 0.3 is 0 Å². The van der Waals surface area contributed by atoms with Gasteiger partial charge in [0.15, 0.2) is 0 Å². The van der Waals surface area contributed by atoms with E-state index in [1.807, 2.05) is 12.2 Å². The van der Waals surface area contributed by atoms with Crippen LogP contribution >= 0.6 is 0 Å². The molecule has 3 rings (SSSR count). The van der Waals surface area contributed by atoms with Crippen LogP contribution in [0.1, 0.15) is 57.8 Å². The molecule has 1 heterocycles. The van der Waals surface area contributed by atoms with E-state index in [0.717, 1.165) is 32.1 Å². The molecule has 3 aliphatic rings. The largest absolute Gasteiger partial charge is 0.394 e. The first-order valence-corrected chi connectivity index (χ1v) is 9.70. The molecule has 6 heteroatoms. The number of amides is 2. The zero-order valence-corrected chi connectivity index (χ0v) is 14.8. The molecule has 0 aromatic carbocycles. The van der Waals surface area contributed by atoms with Gasteiger partial charge in [-0.05, 0) is 25.7 Å². The Labute approximate surface area is 149 Å². The Balaban J connectivity index is 1.47. The first kappa shape index (κ1) is 18.4. The molecule has 6 nitrogen and oxygen atoms in total. The van der Waals surface area contributed by atoms with E-state index in [9.17, 15) is 14.7 Å². The number of aliphatic hydroxyl groups excluding tert-OH is 1.